The van der Waals surface area contributed by atoms with Gasteiger partial charge in [0.05, 0.1) is 12.1 Å². The number of benzene rings is 1. The number of anilines is 1. The van der Waals surface area contributed by atoms with Crippen molar-refractivity contribution in [3.8, 4) is 0 Å². The molecule has 0 radical (unpaired) electrons. The van der Waals surface area contributed by atoms with E-state index in [2.05, 4.69) is 5.32 Å². The summed E-state index contributed by atoms with van der Waals surface area (Å²) in [5, 5.41) is 12.1. The molecule has 0 fully saturated rings. The molecule has 0 aromatic heterocycles. The van der Waals surface area contributed by atoms with Crippen LogP contribution >= 0.6 is 0 Å². The van der Waals surface area contributed by atoms with E-state index in [1.54, 1.807) is 12.1 Å². The van der Waals surface area contributed by atoms with Crippen LogP contribution in [-0.4, -0.2) is 17.3 Å². The molecule has 0 amide bonds. The Morgan fingerprint density at radius 3 is 2.31 bits per heavy atom. The van der Waals surface area contributed by atoms with Crippen LogP contribution in [0.2, 0.25) is 0 Å². The van der Waals surface area contributed by atoms with Crippen molar-refractivity contribution >= 4 is 5.69 Å². The molecule has 3 heteroatoms. The third kappa shape index (κ3) is 3.03. The third-order valence-electron chi connectivity index (χ3n) is 1.72. The fourth-order valence-electron chi connectivity index (χ4n) is 0.963. The molecule has 0 aliphatic rings. The molecule has 0 spiro atoms. The molecule has 1 aromatic rings. The van der Waals surface area contributed by atoms with Crippen LogP contribution in [0.3, 0.4) is 0 Å². The number of hydrogen-bond acceptors (Lipinski definition) is 2. The average Bonchev–Trinajstić information content (AvgIpc) is 2.09. The van der Waals surface area contributed by atoms with E-state index in [0.29, 0.717) is 0 Å². The molecule has 0 atom stereocenters. The van der Waals surface area contributed by atoms with Crippen molar-refractivity contribution in [2.45, 2.75) is 19.4 Å². The first-order valence-electron chi connectivity index (χ1n) is 4.18. The number of nitrogens with one attached hydrogen (secondary N) is 1. The van der Waals surface area contributed by atoms with E-state index in [0.717, 1.165) is 5.69 Å². The highest BCUT2D eigenvalue weighted by Crippen LogP contribution is 2.14. The van der Waals surface area contributed by atoms with Gasteiger partial charge in [-0.3, -0.25) is 0 Å². The van der Waals surface area contributed by atoms with Gasteiger partial charge in [0.2, 0.25) is 0 Å². The predicted octanol–water partition coefficient (Wildman–Crippen LogP) is 2.01. The summed E-state index contributed by atoms with van der Waals surface area (Å²) in [4.78, 5) is 0. The minimum absolute atomic E-state index is 0.0321. The van der Waals surface area contributed by atoms with Gasteiger partial charge < -0.3 is 10.4 Å². The summed E-state index contributed by atoms with van der Waals surface area (Å²) in [6.45, 7) is 3.77. The molecular formula is C10H14FNO. The Morgan fingerprint density at radius 1 is 1.31 bits per heavy atom. The summed E-state index contributed by atoms with van der Waals surface area (Å²) in [7, 11) is 0. The van der Waals surface area contributed by atoms with Crippen molar-refractivity contribution in [2.24, 2.45) is 0 Å². The fourth-order valence-corrected chi connectivity index (χ4v) is 0.963. The zero-order chi connectivity index (χ0) is 9.90. The van der Waals surface area contributed by atoms with Crippen LogP contribution in [0.5, 0.6) is 0 Å². The first-order chi connectivity index (χ1) is 6.03. The maximum atomic E-state index is 12.5. The Bertz CT molecular complexity index is 269. The Kier molecular flexibility index (Phi) is 2.88. The van der Waals surface area contributed by atoms with Crippen molar-refractivity contribution in [1.82, 2.24) is 0 Å². The van der Waals surface area contributed by atoms with Gasteiger partial charge in [-0.1, -0.05) is 0 Å². The lowest BCUT2D eigenvalue weighted by atomic mass is 10.1. The van der Waals surface area contributed by atoms with Crippen LogP contribution < -0.4 is 5.32 Å². The third-order valence-corrected chi connectivity index (χ3v) is 1.72. The zero-order valence-electron chi connectivity index (χ0n) is 7.84. The molecule has 0 bridgehead atoms. The van der Waals surface area contributed by atoms with Crippen molar-refractivity contribution < 1.29 is 9.50 Å². The molecule has 0 aliphatic heterocycles. The topological polar surface area (TPSA) is 32.3 Å². The van der Waals surface area contributed by atoms with E-state index in [-0.39, 0.29) is 18.0 Å². The predicted molar refractivity (Wildman–Crippen MR) is 51.2 cm³/mol. The van der Waals surface area contributed by atoms with Gasteiger partial charge in [-0.25, -0.2) is 4.39 Å². The van der Waals surface area contributed by atoms with E-state index < -0.39 is 0 Å². The molecule has 2 nitrogen and oxygen atoms in total. The zero-order valence-corrected chi connectivity index (χ0v) is 7.84. The Labute approximate surface area is 77.4 Å². The van der Waals surface area contributed by atoms with Gasteiger partial charge in [-0.15, -0.1) is 0 Å². The monoisotopic (exact) mass is 183 g/mol. The fraction of sp³-hybridized carbons (Fsp3) is 0.400. The number of halogens is 1. The summed E-state index contributed by atoms with van der Waals surface area (Å²) in [6.07, 6.45) is 0. The first-order valence-corrected chi connectivity index (χ1v) is 4.18. The molecule has 0 unspecified atom stereocenters. The summed E-state index contributed by atoms with van der Waals surface area (Å²) in [6, 6.07) is 6.06. The Hall–Kier alpha value is -1.09. The van der Waals surface area contributed by atoms with Crippen LogP contribution in [0, 0.1) is 5.82 Å². The second-order valence-corrected chi connectivity index (χ2v) is 3.67. The van der Waals surface area contributed by atoms with Crippen molar-refractivity contribution in [1.29, 1.82) is 0 Å². The molecule has 1 aromatic carbocycles. The lowest BCUT2D eigenvalue weighted by Gasteiger charge is -2.24. The molecule has 13 heavy (non-hydrogen) atoms. The van der Waals surface area contributed by atoms with Gasteiger partial charge in [0, 0.05) is 5.69 Å². The molecule has 0 heterocycles. The van der Waals surface area contributed by atoms with Crippen molar-refractivity contribution in [2.75, 3.05) is 11.9 Å². The summed E-state index contributed by atoms with van der Waals surface area (Å²) in [5.41, 5.74) is 0.429. The van der Waals surface area contributed by atoms with Crippen LogP contribution in [0.4, 0.5) is 10.1 Å². The van der Waals surface area contributed by atoms with E-state index >= 15 is 0 Å². The largest absolute Gasteiger partial charge is 0.394 e. The quantitative estimate of drug-likeness (QED) is 0.751. The van der Waals surface area contributed by atoms with E-state index in [9.17, 15) is 4.39 Å². The van der Waals surface area contributed by atoms with Gasteiger partial charge in [0.15, 0.2) is 0 Å². The second-order valence-electron chi connectivity index (χ2n) is 3.67. The average molecular weight is 183 g/mol. The number of aliphatic hydroxyl groups is 1. The Morgan fingerprint density at radius 2 is 1.85 bits per heavy atom. The molecule has 2 N–H and O–H groups in total. The van der Waals surface area contributed by atoms with Crippen molar-refractivity contribution in [3.05, 3.63) is 30.1 Å². The summed E-state index contributed by atoms with van der Waals surface area (Å²) in [5.74, 6) is -0.257. The molecule has 72 valence electrons. The highest BCUT2D eigenvalue weighted by molar-refractivity contribution is 5.44. The van der Waals surface area contributed by atoms with E-state index in [1.807, 2.05) is 13.8 Å². The van der Waals surface area contributed by atoms with Crippen LogP contribution in [0.25, 0.3) is 0 Å². The van der Waals surface area contributed by atoms with Crippen LogP contribution in [0.15, 0.2) is 24.3 Å². The lowest BCUT2D eigenvalue weighted by Crippen LogP contribution is -2.34. The Balaban J connectivity index is 2.69. The number of rotatable bonds is 3. The number of hydrogen-bond donors (Lipinski definition) is 2. The minimum atomic E-state index is -0.377. The van der Waals surface area contributed by atoms with Gasteiger partial charge in [-0.2, -0.15) is 0 Å². The highest BCUT2D eigenvalue weighted by atomic mass is 19.1. The summed E-state index contributed by atoms with van der Waals surface area (Å²) >= 11 is 0. The van der Waals surface area contributed by atoms with Gasteiger partial charge in [-0.05, 0) is 38.1 Å². The molecule has 1 rings (SSSR count). The van der Waals surface area contributed by atoms with Crippen molar-refractivity contribution in [3.63, 3.8) is 0 Å². The summed E-state index contributed by atoms with van der Waals surface area (Å²) < 4.78 is 12.5. The van der Waals surface area contributed by atoms with Gasteiger partial charge in [0.1, 0.15) is 5.82 Å². The molecule has 0 saturated heterocycles. The molecule has 0 saturated carbocycles. The smallest absolute Gasteiger partial charge is 0.123 e. The normalized spacial score (nSPS) is 11.4. The standard InChI is InChI=1S/C10H14FNO/c1-10(2,7-13)12-9-5-3-8(11)4-6-9/h3-6,12-13H,7H2,1-2H3. The van der Waals surface area contributed by atoms with Crippen LogP contribution in [0.1, 0.15) is 13.8 Å². The SMILES string of the molecule is CC(C)(CO)Nc1ccc(F)cc1. The molecular weight excluding hydrogens is 169 g/mol. The maximum absolute atomic E-state index is 12.5. The lowest BCUT2D eigenvalue weighted by molar-refractivity contribution is 0.234. The minimum Gasteiger partial charge on any atom is -0.394 e. The van der Waals surface area contributed by atoms with E-state index in [4.69, 9.17) is 5.11 Å². The highest BCUT2D eigenvalue weighted by Gasteiger charge is 2.14. The molecule has 0 aliphatic carbocycles. The van der Waals surface area contributed by atoms with E-state index in [1.165, 1.54) is 12.1 Å². The van der Waals surface area contributed by atoms with Gasteiger partial charge in [0.25, 0.3) is 0 Å². The second kappa shape index (κ2) is 3.75. The number of aliphatic hydroxyl groups excluding tert-OH is 1. The van der Waals surface area contributed by atoms with Gasteiger partial charge >= 0.3 is 0 Å². The van der Waals surface area contributed by atoms with Crippen LogP contribution in [-0.2, 0) is 0 Å². The first kappa shape index (κ1) is 9.99. The maximum Gasteiger partial charge on any atom is 0.123 e.